The lowest BCUT2D eigenvalue weighted by atomic mass is 9.87. The van der Waals surface area contributed by atoms with Crippen molar-refractivity contribution in [2.75, 3.05) is 13.1 Å². The predicted molar refractivity (Wildman–Crippen MR) is 94.8 cm³/mol. The molecule has 2 aliphatic rings. The Kier molecular flexibility index (Phi) is 5.54. The molecular weight excluding hydrogens is 300 g/mol. The Balaban J connectivity index is 1.49. The van der Waals surface area contributed by atoms with Crippen molar-refractivity contribution in [3.8, 4) is 0 Å². The second-order valence-electron chi connectivity index (χ2n) is 7.22. The molecule has 0 radical (unpaired) electrons. The van der Waals surface area contributed by atoms with Crippen LogP contribution in [0.25, 0.3) is 0 Å². The molecule has 1 heterocycles. The van der Waals surface area contributed by atoms with Gasteiger partial charge in [-0.3, -0.25) is 9.59 Å². The van der Waals surface area contributed by atoms with Crippen LogP contribution >= 0.6 is 0 Å². The molecule has 1 aromatic carbocycles. The topological polar surface area (TPSA) is 49.4 Å². The van der Waals surface area contributed by atoms with Crippen LogP contribution in [0.2, 0.25) is 0 Å². The van der Waals surface area contributed by atoms with Crippen molar-refractivity contribution >= 4 is 11.8 Å². The molecule has 1 aliphatic carbocycles. The molecule has 0 unspecified atom stereocenters. The molecule has 0 bridgehead atoms. The first kappa shape index (κ1) is 17.0. The average molecular weight is 328 g/mol. The van der Waals surface area contributed by atoms with E-state index in [2.05, 4.69) is 5.32 Å². The van der Waals surface area contributed by atoms with Crippen LogP contribution in [0.4, 0.5) is 0 Å². The van der Waals surface area contributed by atoms with Gasteiger partial charge < -0.3 is 10.2 Å². The molecule has 0 atom stereocenters. The van der Waals surface area contributed by atoms with Crippen LogP contribution in [-0.4, -0.2) is 35.8 Å². The Morgan fingerprint density at radius 3 is 2.33 bits per heavy atom. The van der Waals surface area contributed by atoms with Crippen molar-refractivity contribution < 1.29 is 9.59 Å². The number of carbonyl (C=O) groups is 2. The first-order chi connectivity index (χ1) is 11.6. The fourth-order valence-electron chi connectivity index (χ4n) is 3.94. The maximum absolute atomic E-state index is 12.6. The third-order valence-electron chi connectivity index (χ3n) is 5.49. The van der Waals surface area contributed by atoms with Gasteiger partial charge in [-0.2, -0.15) is 0 Å². The third-order valence-corrected chi connectivity index (χ3v) is 5.49. The highest BCUT2D eigenvalue weighted by atomic mass is 16.2. The van der Waals surface area contributed by atoms with Crippen molar-refractivity contribution in [2.45, 2.75) is 57.9 Å². The van der Waals surface area contributed by atoms with Crippen LogP contribution in [0, 0.1) is 12.8 Å². The Morgan fingerprint density at radius 2 is 1.67 bits per heavy atom. The van der Waals surface area contributed by atoms with E-state index in [4.69, 9.17) is 0 Å². The van der Waals surface area contributed by atoms with Crippen molar-refractivity contribution in [1.82, 2.24) is 10.2 Å². The van der Waals surface area contributed by atoms with Gasteiger partial charge in [-0.1, -0.05) is 37.5 Å². The Labute approximate surface area is 144 Å². The summed E-state index contributed by atoms with van der Waals surface area (Å²) in [5.74, 6) is 0.598. The first-order valence-electron chi connectivity index (χ1n) is 9.30. The number of piperidine rings is 1. The fraction of sp³-hybridized carbons (Fsp3) is 0.600. The van der Waals surface area contributed by atoms with Gasteiger partial charge in [0.15, 0.2) is 0 Å². The molecule has 3 rings (SSSR count). The van der Waals surface area contributed by atoms with Gasteiger partial charge in [0.05, 0.1) is 0 Å². The zero-order valence-electron chi connectivity index (χ0n) is 14.6. The highest BCUT2D eigenvalue weighted by Crippen LogP contribution is 2.26. The minimum absolute atomic E-state index is 0.00478. The monoisotopic (exact) mass is 328 g/mol. The maximum Gasteiger partial charge on any atom is 0.251 e. The molecule has 1 aliphatic heterocycles. The van der Waals surface area contributed by atoms with E-state index in [9.17, 15) is 9.59 Å². The van der Waals surface area contributed by atoms with E-state index in [0.717, 1.165) is 49.9 Å². The molecule has 4 nitrogen and oxygen atoms in total. The SMILES string of the molecule is Cc1ccccc1C(=O)NC1CCN(C(=O)C2CCCCC2)CC1. The van der Waals surface area contributed by atoms with Crippen LogP contribution in [0.3, 0.4) is 0 Å². The Hall–Kier alpha value is -1.84. The number of hydrogen-bond acceptors (Lipinski definition) is 2. The molecule has 130 valence electrons. The highest BCUT2D eigenvalue weighted by molar-refractivity contribution is 5.95. The van der Waals surface area contributed by atoms with E-state index in [1.165, 1.54) is 19.3 Å². The molecule has 0 spiro atoms. The highest BCUT2D eigenvalue weighted by Gasteiger charge is 2.29. The molecule has 2 amide bonds. The van der Waals surface area contributed by atoms with E-state index in [-0.39, 0.29) is 17.9 Å². The van der Waals surface area contributed by atoms with Crippen LogP contribution < -0.4 is 5.32 Å². The summed E-state index contributed by atoms with van der Waals surface area (Å²) in [6.45, 7) is 3.50. The molecule has 4 heteroatoms. The largest absolute Gasteiger partial charge is 0.349 e. The second kappa shape index (κ2) is 7.82. The van der Waals surface area contributed by atoms with Crippen molar-refractivity contribution in [3.05, 3.63) is 35.4 Å². The zero-order chi connectivity index (χ0) is 16.9. The number of benzene rings is 1. The number of amides is 2. The number of aryl methyl sites for hydroxylation is 1. The Bertz CT molecular complexity index is 585. The lowest BCUT2D eigenvalue weighted by Gasteiger charge is -2.35. The van der Waals surface area contributed by atoms with E-state index in [0.29, 0.717) is 5.91 Å². The molecule has 1 saturated heterocycles. The number of nitrogens with one attached hydrogen (secondary N) is 1. The quantitative estimate of drug-likeness (QED) is 0.925. The average Bonchev–Trinajstić information content (AvgIpc) is 2.63. The summed E-state index contributed by atoms with van der Waals surface area (Å²) in [5, 5.41) is 3.14. The van der Waals surface area contributed by atoms with E-state index >= 15 is 0 Å². The second-order valence-corrected chi connectivity index (χ2v) is 7.22. The number of rotatable bonds is 3. The Morgan fingerprint density at radius 1 is 1.00 bits per heavy atom. The van der Waals surface area contributed by atoms with Gasteiger partial charge in [-0.15, -0.1) is 0 Å². The fourth-order valence-corrected chi connectivity index (χ4v) is 3.94. The molecular formula is C20H28N2O2. The summed E-state index contributed by atoms with van der Waals surface area (Å²) in [7, 11) is 0. The number of likely N-dealkylation sites (tertiary alicyclic amines) is 1. The van der Waals surface area contributed by atoms with Crippen molar-refractivity contribution in [2.24, 2.45) is 5.92 Å². The summed E-state index contributed by atoms with van der Waals surface area (Å²) in [5.41, 5.74) is 1.75. The first-order valence-corrected chi connectivity index (χ1v) is 9.30. The van der Waals surface area contributed by atoms with Crippen molar-refractivity contribution in [1.29, 1.82) is 0 Å². The molecule has 1 N–H and O–H groups in total. The molecule has 24 heavy (non-hydrogen) atoms. The van der Waals surface area contributed by atoms with Crippen molar-refractivity contribution in [3.63, 3.8) is 0 Å². The summed E-state index contributed by atoms with van der Waals surface area (Å²) in [4.78, 5) is 27.0. The van der Waals surface area contributed by atoms with Gasteiger partial charge in [-0.05, 0) is 44.2 Å². The zero-order valence-corrected chi connectivity index (χ0v) is 14.6. The van der Waals surface area contributed by atoms with Gasteiger partial charge >= 0.3 is 0 Å². The predicted octanol–water partition coefficient (Wildman–Crippen LogP) is 3.30. The van der Waals surface area contributed by atoms with Gasteiger partial charge in [0.2, 0.25) is 5.91 Å². The van der Waals surface area contributed by atoms with E-state index < -0.39 is 0 Å². The van der Waals surface area contributed by atoms with Gasteiger partial charge in [-0.25, -0.2) is 0 Å². The molecule has 2 fully saturated rings. The van der Waals surface area contributed by atoms with Crippen LogP contribution in [0.5, 0.6) is 0 Å². The standard InChI is InChI=1S/C20H28N2O2/c1-15-7-5-6-10-18(15)19(23)21-17-11-13-22(14-12-17)20(24)16-8-3-2-4-9-16/h5-7,10,16-17H,2-4,8-9,11-14H2,1H3,(H,21,23). The minimum Gasteiger partial charge on any atom is -0.349 e. The van der Waals surface area contributed by atoms with Gasteiger partial charge in [0.1, 0.15) is 0 Å². The lowest BCUT2D eigenvalue weighted by Crippen LogP contribution is -2.48. The van der Waals surface area contributed by atoms with E-state index in [1.54, 1.807) is 0 Å². The summed E-state index contributed by atoms with van der Waals surface area (Å²) >= 11 is 0. The number of carbonyl (C=O) groups excluding carboxylic acids is 2. The minimum atomic E-state index is 0.00478. The number of hydrogen-bond donors (Lipinski definition) is 1. The summed E-state index contributed by atoms with van der Waals surface area (Å²) in [6.07, 6.45) is 7.49. The molecule has 0 aromatic heterocycles. The van der Waals surface area contributed by atoms with Crippen LogP contribution in [0.15, 0.2) is 24.3 Å². The third kappa shape index (κ3) is 3.97. The van der Waals surface area contributed by atoms with Crippen LogP contribution in [-0.2, 0) is 4.79 Å². The van der Waals surface area contributed by atoms with E-state index in [1.807, 2.05) is 36.1 Å². The number of nitrogens with zero attached hydrogens (tertiary/aromatic N) is 1. The molecule has 1 aromatic rings. The normalized spacial score (nSPS) is 20.0. The molecule has 1 saturated carbocycles. The van der Waals surface area contributed by atoms with Gasteiger partial charge in [0, 0.05) is 30.6 Å². The lowest BCUT2D eigenvalue weighted by molar-refractivity contribution is -0.137. The van der Waals surface area contributed by atoms with Gasteiger partial charge in [0.25, 0.3) is 5.91 Å². The maximum atomic E-state index is 12.6. The summed E-state index contributed by atoms with van der Waals surface area (Å²) < 4.78 is 0. The summed E-state index contributed by atoms with van der Waals surface area (Å²) in [6, 6.07) is 7.84. The van der Waals surface area contributed by atoms with Crippen LogP contribution in [0.1, 0.15) is 60.9 Å². The smallest absolute Gasteiger partial charge is 0.251 e.